The minimum atomic E-state index is -0.997. The number of esters is 1. The van der Waals surface area contributed by atoms with Crippen molar-refractivity contribution in [2.24, 2.45) is 11.8 Å². The Balaban J connectivity index is 5.05. The van der Waals surface area contributed by atoms with Crippen LogP contribution in [0, 0.1) is 11.8 Å². The average molecular weight is 270 g/mol. The normalized spacial score (nSPS) is 14.5. The highest BCUT2D eigenvalue weighted by Gasteiger charge is 2.39. The monoisotopic (exact) mass is 270 g/mol. The molecule has 0 bridgehead atoms. The molecule has 0 aliphatic carbocycles. The van der Waals surface area contributed by atoms with Crippen LogP contribution in [0.3, 0.4) is 0 Å². The van der Waals surface area contributed by atoms with E-state index in [1.165, 1.54) is 6.92 Å². The summed E-state index contributed by atoms with van der Waals surface area (Å²) in [5, 5.41) is 9.81. The van der Waals surface area contributed by atoms with Gasteiger partial charge >= 0.3 is 11.7 Å². The van der Waals surface area contributed by atoms with Crippen LogP contribution in [0.4, 0.5) is 0 Å². The molecule has 0 aliphatic heterocycles. The van der Waals surface area contributed by atoms with Crippen LogP contribution in [-0.4, -0.2) is 39.1 Å². The van der Waals surface area contributed by atoms with Gasteiger partial charge in [0.05, 0.1) is 12.0 Å². The summed E-state index contributed by atoms with van der Waals surface area (Å²) >= 11 is 0. The minimum absolute atomic E-state index is 0.155. The van der Waals surface area contributed by atoms with E-state index in [1.54, 1.807) is 34.6 Å². The highest BCUT2D eigenvalue weighted by atomic mass is 16.6. The van der Waals surface area contributed by atoms with Gasteiger partial charge in [-0.05, 0) is 26.7 Å². The van der Waals surface area contributed by atoms with Crippen molar-refractivity contribution >= 4 is 17.5 Å². The van der Waals surface area contributed by atoms with E-state index in [1.807, 2.05) is 0 Å². The molecule has 1 N–H and O–H groups in total. The van der Waals surface area contributed by atoms with Crippen molar-refractivity contribution in [2.45, 2.75) is 53.2 Å². The highest BCUT2D eigenvalue weighted by Crippen LogP contribution is 2.15. The highest BCUT2D eigenvalue weighted by molar-refractivity contribution is 6.62. The van der Waals surface area contributed by atoms with E-state index < -0.39 is 35.1 Å². The molecule has 0 aromatic rings. The molecule has 0 aliphatic rings. The van der Waals surface area contributed by atoms with Gasteiger partial charge in [-0.25, -0.2) is 4.79 Å². The summed E-state index contributed by atoms with van der Waals surface area (Å²) in [6.07, 6.45) is -0.924. The van der Waals surface area contributed by atoms with Crippen molar-refractivity contribution in [3.63, 3.8) is 0 Å². The third-order valence-electron chi connectivity index (χ3n) is 2.53. The molecule has 0 radical (unpaired) electrons. The molecule has 0 aromatic heterocycles. The molecule has 0 fully saturated rings. The summed E-state index contributed by atoms with van der Waals surface area (Å²) in [5.41, 5.74) is 7.33. The van der Waals surface area contributed by atoms with E-state index in [-0.39, 0.29) is 5.92 Å². The fourth-order valence-electron chi connectivity index (χ4n) is 1.47. The number of aliphatic hydroxyl groups excluding tert-OH is 1. The fourth-order valence-corrected chi connectivity index (χ4v) is 1.47. The van der Waals surface area contributed by atoms with Crippen LogP contribution >= 0.6 is 0 Å². The third-order valence-corrected chi connectivity index (χ3v) is 2.53. The Kier molecular flexibility index (Phi) is 6.06. The first-order valence-corrected chi connectivity index (χ1v) is 6.19. The average Bonchev–Trinajstić information content (AvgIpc) is 2.25. The summed E-state index contributed by atoms with van der Waals surface area (Å²) in [7, 11) is 0. The number of carbonyl (C=O) groups is 2. The molecule has 0 aromatic carbocycles. The molecule has 2 atom stereocenters. The van der Waals surface area contributed by atoms with Crippen LogP contribution in [-0.2, 0) is 14.3 Å². The molecule has 6 nitrogen and oxygen atoms in total. The molecule has 108 valence electrons. The van der Waals surface area contributed by atoms with Gasteiger partial charge in [-0.1, -0.05) is 20.8 Å². The van der Waals surface area contributed by atoms with E-state index in [4.69, 9.17) is 10.3 Å². The molecule has 0 spiro atoms. The zero-order valence-electron chi connectivity index (χ0n) is 12.3. The second-order valence-electron chi connectivity index (χ2n) is 5.84. The van der Waals surface area contributed by atoms with Gasteiger partial charge < -0.3 is 15.4 Å². The molecular weight excluding hydrogens is 248 g/mol. The zero-order chi connectivity index (χ0) is 15.4. The van der Waals surface area contributed by atoms with E-state index in [9.17, 15) is 14.7 Å². The number of ether oxygens (including phenoxy) is 1. The lowest BCUT2D eigenvalue weighted by Crippen LogP contribution is -2.40. The summed E-state index contributed by atoms with van der Waals surface area (Å²) < 4.78 is 4.97. The third kappa shape index (κ3) is 5.32. The van der Waals surface area contributed by atoms with Crippen LogP contribution in [0.1, 0.15) is 41.5 Å². The molecule has 0 saturated carbocycles. The Morgan fingerprint density at radius 1 is 1.21 bits per heavy atom. The second-order valence-corrected chi connectivity index (χ2v) is 5.84. The number of nitrogens with zero attached hydrogens (tertiary/aromatic N) is 2. The summed E-state index contributed by atoms with van der Waals surface area (Å²) in [5.74, 6) is -2.74. The van der Waals surface area contributed by atoms with Gasteiger partial charge in [-0.2, -0.15) is 4.79 Å². The van der Waals surface area contributed by atoms with Gasteiger partial charge in [0.1, 0.15) is 5.60 Å². The SMILES string of the molecule is CC(C)C(O)C(C)C(=O)C(=[N+]=[N-])C(=O)OC(C)(C)C. The van der Waals surface area contributed by atoms with Crippen molar-refractivity contribution < 1.29 is 24.2 Å². The smallest absolute Gasteiger partial charge is 0.441 e. The molecule has 2 unspecified atom stereocenters. The van der Waals surface area contributed by atoms with Crippen molar-refractivity contribution in [3.8, 4) is 0 Å². The van der Waals surface area contributed by atoms with Crippen LogP contribution in [0.2, 0.25) is 0 Å². The predicted molar refractivity (Wildman–Crippen MR) is 69.5 cm³/mol. The zero-order valence-corrected chi connectivity index (χ0v) is 12.3. The van der Waals surface area contributed by atoms with Crippen LogP contribution in [0.25, 0.3) is 5.53 Å². The van der Waals surface area contributed by atoms with Gasteiger partial charge in [0.25, 0.3) is 5.78 Å². The Hall–Kier alpha value is -1.52. The van der Waals surface area contributed by atoms with Gasteiger partial charge in [-0.15, -0.1) is 0 Å². The van der Waals surface area contributed by atoms with Crippen LogP contribution in [0.15, 0.2) is 0 Å². The van der Waals surface area contributed by atoms with Crippen molar-refractivity contribution in [2.75, 3.05) is 0 Å². The number of carbonyl (C=O) groups excluding carboxylic acids is 2. The molecule has 0 amide bonds. The first-order chi connectivity index (χ1) is 8.51. The number of Topliss-reactive ketones (excluding diaryl/α,β-unsaturated/α-hetero) is 1. The van der Waals surface area contributed by atoms with E-state index in [0.717, 1.165) is 0 Å². The first kappa shape index (κ1) is 17.5. The van der Waals surface area contributed by atoms with E-state index >= 15 is 0 Å². The predicted octanol–water partition coefficient (Wildman–Crippen LogP) is 1.22. The standard InChI is InChI=1S/C13H22N2O4/c1-7(2)10(16)8(3)11(17)9(15-14)12(18)19-13(4,5)6/h7-8,10,16H,1-6H3. The topological polar surface area (TPSA) is 100 Å². The summed E-state index contributed by atoms with van der Waals surface area (Å²) in [4.78, 5) is 26.4. The van der Waals surface area contributed by atoms with E-state index in [0.29, 0.717) is 0 Å². The van der Waals surface area contributed by atoms with Gasteiger partial charge in [0, 0.05) is 0 Å². The maximum Gasteiger partial charge on any atom is 0.441 e. The maximum atomic E-state index is 12.0. The number of hydrogen-bond acceptors (Lipinski definition) is 4. The number of hydrogen-bond donors (Lipinski definition) is 1. The molecule has 0 rings (SSSR count). The van der Waals surface area contributed by atoms with Gasteiger partial charge in [0.2, 0.25) is 0 Å². The quantitative estimate of drug-likeness (QED) is 0.267. The number of ketones is 1. The van der Waals surface area contributed by atoms with Crippen molar-refractivity contribution in [3.05, 3.63) is 5.53 Å². The van der Waals surface area contributed by atoms with Gasteiger partial charge in [-0.3, -0.25) is 4.79 Å². The summed E-state index contributed by atoms with van der Waals surface area (Å²) in [6.45, 7) is 9.88. The lowest BCUT2D eigenvalue weighted by atomic mass is 9.89. The van der Waals surface area contributed by atoms with Crippen LogP contribution < -0.4 is 0 Å². The van der Waals surface area contributed by atoms with Crippen LogP contribution in [0.5, 0.6) is 0 Å². The molecule has 6 heteroatoms. The lowest BCUT2D eigenvalue weighted by Gasteiger charge is -2.20. The fraction of sp³-hybridized carbons (Fsp3) is 0.769. The maximum absolute atomic E-state index is 12.0. The Morgan fingerprint density at radius 2 is 1.68 bits per heavy atom. The molecular formula is C13H22N2O4. The lowest BCUT2D eigenvalue weighted by molar-refractivity contribution is -0.152. The first-order valence-electron chi connectivity index (χ1n) is 6.19. The Morgan fingerprint density at radius 3 is 2.00 bits per heavy atom. The number of aliphatic hydroxyl groups is 1. The minimum Gasteiger partial charge on any atom is -0.451 e. The molecule has 0 saturated heterocycles. The Labute approximate surface area is 113 Å². The summed E-state index contributed by atoms with van der Waals surface area (Å²) in [6, 6.07) is 0. The van der Waals surface area contributed by atoms with E-state index in [2.05, 4.69) is 4.79 Å². The van der Waals surface area contributed by atoms with Crippen molar-refractivity contribution in [1.29, 1.82) is 0 Å². The van der Waals surface area contributed by atoms with Crippen molar-refractivity contribution in [1.82, 2.24) is 0 Å². The largest absolute Gasteiger partial charge is 0.451 e. The second kappa shape index (κ2) is 6.59. The van der Waals surface area contributed by atoms with Gasteiger partial charge in [0.15, 0.2) is 0 Å². The Bertz CT molecular complexity index is 403. The molecule has 19 heavy (non-hydrogen) atoms. The molecule has 0 heterocycles. The number of rotatable bonds is 5.